The number of nitrogens with one attached hydrogen (secondary N) is 2. The molecule has 1 aromatic carbocycles. The first-order valence-corrected chi connectivity index (χ1v) is 9.16. The molecule has 2 rings (SSSR count). The van der Waals surface area contributed by atoms with Crippen molar-refractivity contribution < 1.29 is 22.8 Å². The average molecular weight is 412 g/mol. The predicted octanol–water partition coefficient (Wildman–Crippen LogP) is 3.35. The van der Waals surface area contributed by atoms with Crippen molar-refractivity contribution >= 4 is 29.3 Å². The molecule has 28 heavy (non-hydrogen) atoms. The molecule has 0 spiro atoms. The molecule has 1 heterocycles. The number of anilines is 1. The van der Waals surface area contributed by atoms with Gasteiger partial charge >= 0.3 is 6.18 Å². The van der Waals surface area contributed by atoms with E-state index in [4.69, 9.17) is 0 Å². The van der Waals surface area contributed by atoms with Crippen molar-refractivity contribution in [1.82, 2.24) is 15.3 Å². The van der Waals surface area contributed by atoms with Gasteiger partial charge in [-0.2, -0.15) is 13.2 Å². The Hall–Kier alpha value is -2.62. The zero-order chi connectivity index (χ0) is 20.9. The zero-order valence-corrected chi connectivity index (χ0v) is 16.2. The lowest BCUT2D eigenvalue weighted by molar-refractivity contribution is -0.141. The van der Waals surface area contributed by atoms with E-state index in [1.807, 2.05) is 32.0 Å². The van der Waals surface area contributed by atoms with E-state index >= 15 is 0 Å². The number of carbonyl (C=O) groups excluding carboxylic acids is 2. The summed E-state index contributed by atoms with van der Waals surface area (Å²) in [6.07, 6.45) is -3.60. The van der Waals surface area contributed by atoms with Gasteiger partial charge < -0.3 is 10.6 Å². The molecule has 1 atom stereocenters. The molecule has 0 aliphatic rings. The van der Waals surface area contributed by atoms with E-state index in [0.717, 1.165) is 35.2 Å². The number of benzene rings is 1. The van der Waals surface area contributed by atoms with Gasteiger partial charge in [0.05, 0.1) is 11.8 Å². The highest BCUT2D eigenvalue weighted by Crippen LogP contribution is 2.29. The van der Waals surface area contributed by atoms with E-state index in [9.17, 15) is 22.8 Å². The Bertz CT molecular complexity index is 854. The SMILES string of the molecule is Cc1cccc(C)c1NC(=O)CNC(=O)[C@@H](C)Sc1nccc(C(F)(F)F)n1. The first-order chi connectivity index (χ1) is 13.1. The van der Waals surface area contributed by atoms with Gasteiger partial charge in [0.2, 0.25) is 11.8 Å². The topological polar surface area (TPSA) is 84.0 Å². The maximum Gasteiger partial charge on any atom is 0.433 e. The normalized spacial score (nSPS) is 12.4. The number of hydrogen-bond donors (Lipinski definition) is 2. The largest absolute Gasteiger partial charge is 0.433 e. The standard InChI is InChI=1S/C18H19F3N4O2S/c1-10-5-4-6-11(2)15(10)25-14(26)9-23-16(27)12(3)28-17-22-8-7-13(24-17)18(19,20)21/h4-8,12H,9H2,1-3H3,(H,23,27)(H,25,26)/t12-/m1/s1. The first kappa shape index (κ1) is 21.7. The van der Waals surface area contributed by atoms with Crippen molar-refractivity contribution in [3.8, 4) is 0 Å². The molecule has 2 aromatic rings. The van der Waals surface area contributed by atoms with Gasteiger partial charge in [-0.15, -0.1) is 0 Å². The summed E-state index contributed by atoms with van der Waals surface area (Å²) in [6.45, 7) is 4.94. The molecule has 0 saturated carbocycles. The number of nitrogens with zero attached hydrogens (tertiary/aromatic N) is 2. The monoisotopic (exact) mass is 412 g/mol. The lowest BCUT2D eigenvalue weighted by atomic mass is 10.1. The summed E-state index contributed by atoms with van der Waals surface area (Å²) in [7, 11) is 0. The number of rotatable bonds is 6. The molecule has 0 aliphatic carbocycles. The molecule has 10 heteroatoms. The molecule has 0 radical (unpaired) electrons. The predicted molar refractivity (Wildman–Crippen MR) is 99.9 cm³/mol. The van der Waals surface area contributed by atoms with Crippen LogP contribution in [0.4, 0.5) is 18.9 Å². The number of alkyl halides is 3. The minimum Gasteiger partial charge on any atom is -0.346 e. The number of thioether (sulfide) groups is 1. The Morgan fingerprint density at radius 1 is 1.18 bits per heavy atom. The fourth-order valence-electron chi connectivity index (χ4n) is 2.27. The lowest BCUT2D eigenvalue weighted by Gasteiger charge is -2.14. The third-order valence-electron chi connectivity index (χ3n) is 3.74. The van der Waals surface area contributed by atoms with Crippen LogP contribution in [0.3, 0.4) is 0 Å². The van der Waals surface area contributed by atoms with Crippen molar-refractivity contribution in [3.05, 3.63) is 47.3 Å². The first-order valence-electron chi connectivity index (χ1n) is 8.28. The number of carbonyl (C=O) groups is 2. The van der Waals surface area contributed by atoms with E-state index in [0.29, 0.717) is 5.69 Å². The van der Waals surface area contributed by atoms with Crippen LogP contribution >= 0.6 is 11.8 Å². The smallest absolute Gasteiger partial charge is 0.346 e. The van der Waals surface area contributed by atoms with E-state index in [1.165, 1.54) is 6.92 Å². The Balaban J connectivity index is 1.90. The second kappa shape index (κ2) is 9.05. The van der Waals surface area contributed by atoms with Crippen molar-refractivity contribution in [3.63, 3.8) is 0 Å². The summed E-state index contributed by atoms with van der Waals surface area (Å²) in [4.78, 5) is 31.3. The minimum absolute atomic E-state index is 0.169. The lowest BCUT2D eigenvalue weighted by Crippen LogP contribution is -2.37. The highest BCUT2D eigenvalue weighted by Gasteiger charge is 2.33. The highest BCUT2D eigenvalue weighted by atomic mass is 32.2. The van der Waals surface area contributed by atoms with Crippen LogP contribution in [0.25, 0.3) is 0 Å². The van der Waals surface area contributed by atoms with Crippen LogP contribution in [0.5, 0.6) is 0 Å². The van der Waals surface area contributed by atoms with Gasteiger partial charge in [0.25, 0.3) is 0 Å². The number of amides is 2. The fraction of sp³-hybridized carbons (Fsp3) is 0.333. The van der Waals surface area contributed by atoms with Crippen LogP contribution < -0.4 is 10.6 Å². The van der Waals surface area contributed by atoms with Gasteiger partial charge in [-0.1, -0.05) is 30.0 Å². The van der Waals surface area contributed by atoms with Crippen molar-refractivity contribution in [2.75, 3.05) is 11.9 Å². The van der Waals surface area contributed by atoms with Gasteiger partial charge in [-0.25, -0.2) is 9.97 Å². The maximum atomic E-state index is 12.7. The summed E-state index contributed by atoms with van der Waals surface area (Å²) >= 11 is 0.777. The maximum absolute atomic E-state index is 12.7. The van der Waals surface area contributed by atoms with Crippen LogP contribution in [-0.2, 0) is 15.8 Å². The molecule has 0 fully saturated rings. The van der Waals surface area contributed by atoms with Crippen LogP contribution in [0.2, 0.25) is 0 Å². The van der Waals surface area contributed by atoms with E-state index in [1.54, 1.807) is 0 Å². The third kappa shape index (κ3) is 5.95. The van der Waals surface area contributed by atoms with Crippen molar-refractivity contribution in [1.29, 1.82) is 0 Å². The number of halogens is 3. The fourth-order valence-corrected chi connectivity index (χ4v) is 3.05. The average Bonchev–Trinajstić information content (AvgIpc) is 2.62. The highest BCUT2D eigenvalue weighted by molar-refractivity contribution is 8.00. The summed E-state index contributed by atoms with van der Waals surface area (Å²) < 4.78 is 38.1. The van der Waals surface area contributed by atoms with Crippen molar-refractivity contribution in [2.45, 2.75) is 37.4 Å². The second-order valence-corrected chi connectivity index (χ2v) is 7.32. The molecule has 2 amide bonds. The Labute approximate surface area is 164 Å². The number of hydrogen-bond acceptors (Lipinski definition) is 5. The van der Waals surface area contributed by atoms with Crippen LogP contribution in [-0.4, -0.2) is 33.6 Å². The molecular weight excluding hydrogens is 393 g/mol. The summed E-state index contributed by atoms with van der Waals surface area (Å²) in [5.74, 6) is -0.916. The van der Waals surface area contributed by atoms with E-state index in [2.05, 4.69) is 20.6 Å². The molecule has 0 unspecified atom stereocenters. The molecule has 0 aliphatic heterocycles. The van der Waals surface area contributed by atoms with Crippen LogP contribution in [0, 0.1) is 13.8 Å². The van der Waals surface area contributed by atoms with Gasteiger partial charge in [0.15, 0.2) is 5.16 Å². The molecule has 150 valence electrons. The van der Waals surface area contributed by atoms with Gasteiger partial charge in [-0.3, -0.25) is 9.59 Å². The molecule has 6 nitrogen and oxygen atoms in total. The summed E-state index contributed by atoms with van der Waals surface area (Å²) in [5.41, 5.74) is 1.39. The van der Waals surface area contributed by atoms with E-state index in [-0.39, 0.29) is 11.7 Å². The van der Waals surface area contributed by atoms with Crippen LogP contribution in [0.15, 0.2) is 35.6 Å². The third-order valence-corrected chi connectivity index (χ3v) is 4.72. The summed E-state index contributed by atoms with van der Waals surface area (Å²) in [6, 6.07) is 6.34. The minimum atomic E-state index is -4.59. The molecule has 1 aromatic heterocycles. The molecule has 0 saturated heterocycles. The van der Waals surface area contributed by atoms with Gasteiger partial charge in [0, 0.05) is 11.9 Å². The van der Waals surface area contributed by atoms with E-state index < -0.39 is 28.9 Å². The van der Waals surface area contributed by atoms with Gasteiger partial charge in [-0.05, 0) is 38.0 Å². The molecule has 2 N–H and O–H groups in total. The number of aromatic nitrogens is 2. The second-order valence-electron chi connectivity index (χ2n) is 6.02. The Morgan fingerprint density at radius 3 is 2.43 bits per heavy atom. The zero-order valence-electron chi connectivity index (χ0n) is 15.4. The molecule has 0 bridgehead atoms. The molecular formula is C18H19F3N4O2S. The number of para-hydroxylation sites is 1. The van der Waals surface area contributed by atoms with Gasteiger partial charge in [0.1, 0.15) is 5.69 Å². The summed E-state index contributed by atoms with van der Waals surface area (Å²) in [5, 5.41) is 4.24. The van der Waals surface area contributed by atoms with Crippen LogP contribution in [0.1, 0.15) is 23.7 Å². The number of aryl methyl sites for hydroxylation is 2. The Morgan fingerprint density at radius 2 is 1.82 bits per heavy atom. The van der Waals surface area contributed by atoms with Crippen molar-refractivity contribution in [2.24, 2.45) is 0 Å². The quantitative estimate of drug-likeness (QED) is 0.562. The Kier molecular flexibility index (Phi) is 7.00.